The molecule has 0 bridgehead atoms. The van der Waals surface area contributed by atoms with Crippen molar-refractivity contribution in [2.24, 2.45) is 5.92 Å². The molecule has 5 rings (SSSR count). The molecule has 0 spiro atoms. The van der Waals surface area contributed by atoms with Crippen molar-refractivity contribution in [2.75, 3.05) is 12.9 Å². The average molecular weight is 663 g/mol. The summed E-state index contributed by atoms with van der Waals surface area (Å²) in [7, 11) is 1.30. The zero-order chi connectivity index (χ0) is 32.5. The van der Waals surface area contributed by atoms with Crippen LogP contribution in [-0.4, -0.2) is 52.3 Å². The molecular weight excluding hydrogens is 625 g/mol. The minimum Gasteiger partial charge on any atom is -0.467 e. The van der Waals surface area contributed by atoms with Gasteiger partial charge < -0.3 is 30.0 Å². The van der Waals surface area contributed by atoms with Crippen LogP contribution in [0.1, 0.15) is 52.1 Å². The van der Waals surface area contributed by atoms with Crippen molar-refractivity contribution < 1.29 is 28.9 Å². The monoisotopic (exact) mass is 662 g/mol. The molecule has 46 heavy (non-hydrogen) atoms. The van der Waals surface area contributed by atoms with Crippen molar-refractivity contribution in [3.8, 4) is 0 Å². The minimum atomic E-state index is -0.812. The van der Waals surface area contributed by atoms with Crippen LogP contribution in [0, 0.1) is 12.8 Å². The molecule has 1 aliphatic heterocycles. The smallest absolute Gasteiger partial charge is 0.328 e. The first kappa shape index (κ1) is 33.6. The number of rotatable bonds is 12. The number of esters is 1. The van der Waals surface area contributed by atoms with Crippen LogP contribution in [0.3, 0.4) is 0 Å². The zero-order valence-corrected chi connectivity index (χ0v) is 27.6. The van der Waals surface area contributed by atoms with Gasteiger partial charge in [0.15, 0.2) is 10.6 Å². The van der Waals surface area contributed by atoms with E-state index in [4.69, 9.17) is 14.2 Å². The minimum absolute atomic E-state index is 0.0178. The molecule has 3 aromatic carbocycles. The van der Waals surface area contributed by atoms with E-state index in [0.717, 1.165) is 37.2 Å². The van der Waals surface area contributed by atoms with Crippen LogP contribution in [0.15, 0.2) is 83.2 Å². The lowest BCUT2D eigenvalue weighted by Crippen LogP contribution is -2.47. The number of nitrogens with one attached hydrogen (secondary N) is 2. The van der Waals surface area contributed by atoms with Gasteiger partial charge >= 0.3 is 12.0 Å². The molecule has 10 nitrogen and oxygen atoms in total. The number of nitrogens with zero attached hydrogens (tertiary/aromatic N) is 2. The second-order valence-electron chi connectivity index (χ2n) is 11.1. The Morgan fingerprint density at radius 1 is 0.957 bits per heavy atom. The molecule has 0 radical (unpaired) electrons. The number of methoxy groups -OCH3 is 1. The van der Waals surface area contributed by atoms with E-state index in [1.807, 2.05) is 85.8 Å². The molecule has 1 aromatic heterocycles. The predicted octanol–water partition coefficient (Wildman–Crippen LogP) is 5.51. The lowest BCUT2D eigenvalue weighted by molar-refractivity contribution is -0.268. The summed E-state index contributed by atoms with van der Waals surface area (Å²) in [6, 6.07) is 23.7. The summed E-state index contributed by atoms with van der Waals surface area (Å²) in [6.45, 7) is 4.31. The lowest BCUT2D eigenvalue weighted by atomic mass is 9.91. The summed E-state index contributed by atoms with van der Waals surface area (Å²) in [4.78, 5) is 25.0. The van der Waals surface area contributed by atoms with E-state index < -0.39 is 24.3 Å². The number of urea groups is 1. The molecule has 0 aliphatic carbocycles. The van der Waals surface area contributed by atoms with Crippen molar-refractivity contribution >= 4 is 35.1 Å². The Hall–Kier alpha value is -3.81. The lowest BCUT2D eigenvalue weighted by Gasteiger charge is -2.41. The van der Waals surface area contributed by atoms with Crippen molar-refractivity contribution in [3.63, 3.8) is 0 Å². The standard InChI is InChI=1S/C34H38N4O6S2/c1-21-29(20-45-34-38-37-22(2)46-34)43-32(44-30(21)26-13-11-25(19-39)12-14-26)27-15-9-24(10-16-27)18-35-33(41)36-28(31(40)42-3)17-23-7-5-4-6-8-23/h4-16,21,28-30,32,39H,17-20H2,1-3H3,(H2,35,36,41)/t21-,28+,29+,30+,32+/m1/s1. The molecule has 0 saturated carbocycles. The van der Waals surface area contributed by atoms with Crippen molar-refractivity contribution in [1.82, 2.24) is 20.8 Å². The van der Waals surface area contributed by atoms with Crippen LogP contribution in [-0.2, 0) is 38.6 Å². The third-order valence-corrected chi connectivity index (χ3v) is 9.84. The summed E-state index contributed by atoms with van der Waals surface area (Å²) in [6.07, 6.45) is -0.636. The van der Waals surface area contributed by atoms with Crippen LogP contribution >= 0.6 is 23.1 Å². The average Bonchev–Trinajstić information content (AvgIpc) is 3.51. The summed E-state index contributed by atoms with van der Waals surface area (Å²) in [5.74, 6) is 0.229. The van der Waals surface area contributed by atoms with Gasteiger partial charge in [-0.25, -0.2) is 9.59 Å². The first-order chi connectivity index (χ1) is 22.3. The summed E-state index contributed by atoms with van der Waals surface area (Å²) < 4.78 is 18.9. The number of ether oxygens (including phenoxy) is 3. The quantitative estimate of drug-likeness (QED) is 0.133. The van der Waals surface area contributed by atoms with Crippen LogP contribution in [0.5, 0.6) is 0 Å². The van der Waals surface area contributed by atoms with Gasteiger partial charge in [-0.3, -0.25) is 0 Å². The SMILES string of the molecule is COC(=O)[C@H](Cc1ccccc1)NC(=O)NCc1ccc([C@H]2O[C@@H](CSc3nnc(C)s3)[C@@H](C)[C@@H](c3ccc(CO)cc3)O2)cc1. The maximum atomic E-state index is 12.7. The van der Waals surface area contributed by atoms with Crippen LogP contribution in [0.25, 0.3) is 0 Å². The number of hydrogen-bond acceptors (Lipinski definition) is 10. The fourth-order valence-electron chi connectivity index (χ4n) is 5.17. The molecular formula is C34H38N4O6S2. The van der Waals surface area contributed by atoms with Crippen LogP contribution < -0.4 is 10.6 Å². The number of amides is 2. The highest BCUT2D eigenvalue weighted by atomic mass is 32.2. The molecule has 4 aromatic rings. The van der Waals surface area contributed by atoms with E-state index in [1.165, 1.54) is 7.11 Å². The predicted molar refractivity (Wildman–Crippen MR) is 176 cm³/mol. The van der Waals surface area contributed by atoms with Crippen molar-refractivity contribution in [1.29, 1.82) is 0 Å². The molecule has 2 heterocycles. The number of aliphatic hydroxyl groups is 1. The maximum absolute atomic E-state index is 12.7. The first-order valence-electron chi connectivity index (χ1n) is 15.0. The van der Waals surface area contributed by atoms with Gasteiger partial charge in [0.25, 0.3) is 0 Å². The second kappa shape index (κ2) is 16.1. The van der Waals surface area contributed by atoms with Gasteiger partial charge in [0.05, 0.1) is 25.9 Å². The van der Waals surface area contributed by atoms with Gasteiger partial charge in [-0.15, -0.1) is 10.2 Å². The first-order valence-corrected chi connectivity index (χ1v) is 16.8. The van der Waals surface area contributed by atoms with E-state index in [2.05, 4.69) is 27.8 Å². The molecule has 1 fully saturated rings. The molecule has 1 aliphatic rings. The van der Waals surface area contributed by atoms with Gasteiger partial charge in [-0.1, -0.05) is 109 Å². The number of carbonyl (C=O) groups excluding carboxylic acids is 2. The van der Waals surface area contributed by atoms with Gasteiger partial charge in [0.2, 0.25) is 0 Å². The zero-order valence-electron chi connectivity index (χ0n) is 25.9. The number of aromatic nitrogens is 2. The van der Waals surface area contributed by atoms with Crippen LogP contribution in [0.4, 0.5) is 4.79 Å². The fraction of sp³-hybridized carbons (Fsp3) is 0.353. The van der Waals surface area contributed by atoms with E-state index in [-0.39, 0.29) is 31.3 Å². The van der Waals surface area contributed by atoms with Gasteiger partial charge in [0, 0.05) is 30.2 Å². The number of aliphatic hydroxyl groups excluding tert-OH is 1. The maximum Gasteiger partial charge on any atom is 0.328 e. The molecule has 242 valence electrons. The topological polar surface area (TPSA) is 132 Å². The Balaban J connectivity index is 1.23. The Kier molecular flexibility index (Phi) is 11.8. The Morgan fingerprint density at radius 2 is 1.65 bits per heavy atom. The van der Waals surface area contributed by atoms with E-state index in [0.29, 0.717) is 12.2 Å². The summed E-state index contributed by atoms with van der Waals surface area (Å²) in [5.41, 5.74) is 4.50. The highest BCUT2D eigenvalue weighted by molar-refractivity contribution is 8.01. The Morgan fingerprint density at radius 3 is 2.30 bits per heavy atom. The van der Waals surface area contributed by atoms with E-state index in [1.54, 1.807) is 23.1 Å². The summed E-state index contributed by atoms with van der Waals surface area (Å²) >= 11 is 3.19. The molecule has 1 saturated heterocycles. The van der Waals surface area contributed by atoms with Crippen molar-refractivity contribution in [3.05, 3.63) is 112 Å². The highest BCUT2D eigenvalue weighted by Gasteiger charge is 2.38. The third-order valence-electron chi connectivity index (χ3n) is 7.78. The molecule has 2 amide bonds. The number of benzene rings is 3. The summed E-state index contributed by atoms with van der Waals surface area (Å²) in [5, 5.41) is 24.4. The normalized spacial score (nSPS) is 20.1. The second-order valence-corrected chi connectivity index (χ2v) is 13.5. The van der Waals surface area contributed by atoms with Gasteiger partial charge in [-0.05, 0) is 29.2 Å². The number of thioether (sulfide) groups is 1. The fourth-order valence-corrected chi connectivity index (χ4v) is 7.17. The van der Waals surface area contributed by atoms with E-state index >= 15 is 0 Å². The molecule has 12 heteroatoms. The highest BCUT2D eigenvalue weighted by Crippen LogP contribution is 2.43. The van der Waals surface area contributed by atoms with Gasteiger partial charge in [0.1, 0.15) is 11.0 Å². The van der Waals surface area contributed by atoms with Gasteiger partial charge in [-0.2, -0.15) is 0 Å². The largest absolute Gasteiger partial charge is 0.467 e. The Labute approximate surface area is 276 Å². The van der Waals surface area contributed by atoms with Crippen LogP contribution in [0.2, 0.25) is 0 Å². The molecule has 3 N–H and O–H groups in total. The molecule has 0 unspecified atom stereocenters. The van der Waals surface area contributed by atoms with E-state index in [9.17, 15) is 14.7 Å². The number of aryl methyl sites for hydroxylation is 1. The number of carbonyl (C=O) groups is 2. The third kappa shape index (κ3) is 8.92. The Bertz CT molecular complexity index is 1570. The van der Waals surface area contributed by atoms with Crippen molar-refractivity contribution in [2.45, 2.75) is 62.3 Å². The number of hydrogen-bond donors (Lipinski definition) is 3. The molecule has 5 atom stereocenters.